The minimum absolute atomic E-state index is 0. The Kier molecular flexibility index (Phi) is 15.7. The van der Waals surface area contributed by atoms with Crippen molar-refractivity contribution in [3.8, 4) is 34.0 Å². The molecule has 1 fully saturated rings. The highest BCUT2D eigenvalue weighted by Crippen LogP contribution is 2.36. The van der Waals surface area contributed by atoms with Crippen LogP contribution in [0.25, 0.3) is 44.3 Å². The predicted octanol–water partition coefficient (Wildman–Crippen LogP) is 6.64. The van der Waals surface area contributed by atoms with Gasteiger partial charge in [0, 0.05) is 84.1 Å². The summed E-state index contributed by atoms with van der Waals surface area (Å²) in [4.78, 5) is 64.0. The molecule has 4 aromatic heterocycles. The van der Waals surface area contributed by atoms with Gasteiger partial charge in [0.25, 0.3) is 11.1 Å². The first kappa shape index (κ1) is 48.6. The molecule has 0 bridgehead atoms. The molecule has 1 aliphatic rings. The summed E-state index contributed by atoms with van der Waals surface area (Å²) < 4.78 is 9.97. The lowest BCUT2D eigenvalue weighted by Gasteiger charge is -2.27. The number of H-pyrrole nitrogens is 2. The smallest absolute Gasteiger partial charge is 0.353 e. The van der Waals surface area contributed by atoms with E-state index in [0.717, 1.165) is 65.7 Å². The molecule has 6 aromatic rings. The second-order valence-electron chi connectivity index (χ2n) is 15.4. The normalized spacial score (nSPS) is 13.9. The van der Waals surface area contributed by atoms with Gasteiger partial charge in [-0.25, -0.2) is 9.59 Å². The van der Waals surface area contributed by atoms with Crippen LogP contribution < -0.4 is 21.2 Å². The van der Waals surface area contributed by atoms with E-state index in [-0.39, 0.29) is 61.3 Å². The van der Waals surface area contributed by atoms with Gasteiger partial charge in [-0.3, -0.25) is 14.5 Å². The number of ether oxygens (including phenoxy) is 1. The van der Waals surface area contributed by atoms with Gasteiger partial charge in [0.15, 0.2) is 16.9 Å². The van der Waals surface area contributed by atoms with Crippen LogP contribution in [-0.4, -0.2) is 91.3 Å². The van der Waals surface area contributed by atoms with Crippen molar-refractivity contribution in [2.24, 2.45) is 14.1 Å². The van der Waals surface area contributed by atoms with Crippen molar-refractivity contribution in [3.63, 3.8) is 0 Å². The largest absolute Gasteiger partial charge is 0.506 e. The van der Waals surface area contributed by atoms with Gasteiger partial charge in [0.2, 0.25) is 0 Å². The second-order valence-corrected chi connectivity index (χ2v) is 15.4. The number of hydrogen-bond acceptors (Lipinski definition) is 9. The zero-order valence-corrected chi connectivity index (χ0v) is 37.8. The Bertz CT molecular complexity index is 2720. The van der Waals surface area contributed by atoms with E-state index < -0.39 is 45.7 Å². The number of nitrogens with zero attached hydrogens (tertiary/aromatic N) is 4. The molecule has 17 heteroatoms. The summed E-state index contributed by atoms with van der Waals surface area (Å²) in [6, 6.07) is 16.0. The van der Waals surface area contributed by atoms with E-state index >= 15 is 0 Å². The van der Waals surface area contributed by atoms with Crippen LogP contribution in [0.5, 0.6) is 11.5 Å². The Morgan fingerprint density at radius 3 is 1.92 bits per heavy atom. The van der Waals surface area contributed by atoms with Gasteiger partial charge >= 0.3 is 11.9 Å². The van der Waals surface area contributed by atoms with Crippen molar-refractivity contribution in [1.82, 2.24) is 34.2 Å². The summed E-state index contributed by atoms with van der Waals surface area (Å²) in [6.45, 7) is 6.99. The summed E-state index contributed by atoms with van der Waals surface area (Å²) >= 11 is 0. The maximum absolute atomic E-state index is 14.0. The minimum atomic E-state index is -1.61. The summed E-state index contributed by atoms with van der Waals surface area (Å²) in [5.74, 6) is -3.97. The molecular weight excluding hydrogens is 845 g/mol. The van der Waals surface area contributed by atoms with Crippen molar-refractivity contribution in [2.45, 2.75) is 58.7 Å². The standard InChI is InChI=1S/C44H51N7O7.3ClH/c1-8-31-37(24-12-14-33-26(17-24)19-29(21-45-3)49(33)6)46-41(53)35(39(31)52)44(57)58-40-32(9-2)38(47-42(54)36(40)43(55)56)25-13-15-34-27(18-25)20-30(50(34)7)23-51-16-10-11-28(51)22-48(4)5;;;/h12-15,17-20,28,45H,8-11,16,21-23H2,1-7H3,(H,47,54)(H,55,56)(H2,46,52,53);3*1H. The number of carboxylic acid groups (broad SMARTS) is 1. The molecule has 5 heterocycles. The van der Waals surface area contributed by atoms with Crippen molar-refractivity contribution in [2.75, 3.05) is 34.2 Å². The molecule has 0 saturated carbocycles. The first-order chi connectivity index (χ1) is 27.8. The fourth-order valence-electron chi connectivity index (χ4n) is 8.63. The number of likely N-dealkylation sites (N-methyl/N-ethyl adjacent to an activating group) is 1. The number of aromatic nitrogens is 4. The zero-order chi connectivity index (χ0) is 41.6. The van der Waals surface area contributed by atoms with Crippen LogP contribution in [0, 0.1) is 0 Å². The third kappa shape index (κ3) is 9.11. The molecule has 14 nitrogen and oxygen atoms in total. The minimum Gasteiger partial charge on any atom is -0.506 e. The Morgan fingerprint density at radius 1 is 0.836 bits per heavy atom. The third-order valence-electron chi connectivity index (χ3n) is 11.5. The molecular formula is C44H54Cl3N7O7. The second kappa shape index (κ2) is 19.7. The van der Waals surface area contributed by atoms with Crippen molar-refractivity contribution >= 4 is 71.0 Å². The van der Waals surface area contributed by atoms with Crippen LogP contribution in [0.2, 0.25) is 0 Å². The number of halogens is 3. The number of nitrogens with one attached hydrogen (secondary N) is 3. The number of rotatable bonds is 13. The molecule has 0 radical (unpaired) electrons. The molecule has 1 atom stereocenters. The number of fused-ring (bicyclic) bond motifs is 2. The topological polar surface area (TPSA) is 178 Å². The Morgan fingerprint density at radius 2 is 1.38 bits per heavy atom. The highest BCUT2D eigenvalue weighted by molar-refractivity contribution is 5.99. The number of aromatic amines is 2. The van der Waals surface area contributed by atoms with Crippen LogP contribution in [0.1, 0.15) is 69.9 Å². The Balaban J connectivity index is 0.00000273. The van der Waals surface area contributed by atoms with Crippen molar-refractivity contribution < 1.29 is 24.5 Å². The molecule has 1 unspecified atom stereocenters. The number of aromatic hydroxyl groups is 1. The molecule has 1 aliphatic heterocycles. The first-order valence-electron chi connectivity index (χ1n) is 19.7. The molecule has 0 amide bonds. The van der Waals surface area contributed by atoms with Gasteiger partial charge in [0.1, 0.15) is 5.75 Å². The SMILES string of the molecule is CCc1c(-c2ccc3c(c2)cc(CNC)n3C)[nH]c(=O)c(C(=O)Oc2c(CC)c(-c3ccc4c(c3)cc(CN3CCCC3CN(C)C)n4C)[nH]c(=O)c2C(=O)O)c1O.Cl.Cl.Cl. The molecule has 7 rings (SSSR count). The number of hydrogen-bond donors (Lipinski definition) is 5. The molecule has 328 valence electrons. The molecule has 5 N–H and O–H groups in total. The fourth-order valence-corrected chi connectivity index (χ4v) is 8.63. The quantitative estimate of drug-likeness (QED) is 0.0790. The summed E-state index contributed by atoms with van der Waals surface area (Å²) in [7, 11) is 10.1. The molecule has 1 saturated heterocycles. The monoisotopic (exact) mass is 897 g/mol. The van der Waals surface area contributed by atoms with Crippen LogP contribution in [0.15, 0.2) is 58.1 Å². The van der Waals surface area contributed by atoms with E-state index in [4.69, 9.17) is 4.74 Å². The van der Waals surface area contributed by atoms with Crippen molar-refractivity contribution in [1.29, 1.82) is 0 Å². The van der Waals surface area contributed by atoms with Gasteiger partial charge < -0.3 is 44.3 Å². The Hall–Kier alpha value is -5.09. The van der Waals surface area contributed by atoms with Crippen LogP contribution in [0.4, 0.5) is 0 Å². The van der Waals surface area contributed by atoms with Gasteiger partial charge in [0.05, 0.1) is 11.4 Å². The number of pyridine rings is 2. The van der Waals surface area contributed by atoms with E-state index in [9.17, 15) is 29.4 Å². The molecule has 2 aromatic carbocycles. The van der Waals surface area contributed by atoms with E-state index in [1.165, 1.54) is 0 Å². The number of aryl methyl sites for hydroxylation is 2. The number of carbonyl (C=O) groups excluding carboxylic acids is 1. The highest BCUT2D eigenvalue weighted by atomic mass is 35.5. The lowest BCUT2D eigenvalue weighted by atomic mass is 9.99. The summed E-state index contributed by atoms with van der Waals surface area (Å²) in [5, 5.41) is 26.7. The number of esters is 1. The predicted molar refractivity (Wildman–Crippen MR) is 247 cm³/mol. The fraction of sp³-hybridized carbons (Fsp3) is 0.364. The number of carbonyl (C=O) groups is 2. The number of aromatic carboxylic acids is 1. The first-order valence-corrected chi connectivity index (χ1v) is 19.7. The van der Waals surface area contributed by atoms with E-state index in [0.29, 0.717) is 35.0 Å². The average molecular weight is 899 g/mol. The van der Waals surface area contributed by atoms with Gasteiger partial charge in [-0.1, -0.05) is 26.0 Å². The van der Waals surface area contributed by atoms with Gasteiger partial charge in [-0.2, -0.15) is 0 Å². The maximum atomic E-state index is 14.0. The van der Waals surface area contributed by atoms with E-state index in [2.05, 4.69) is 54.4 Å². The molecule has 61 heavy (non-hydrogen) atoms. The number of carboxylic acids is 1. The third-order valence-corrected chi connectivity index (χ3v) is 11.5. The lowest BCUT2D eigenvalue weighted by Crippen LogP contribution is -2.37. The highest BCUT2D eigenvalue weighted by Gasteiger charge is 2.31. The maximum Gasteiger partial charge on any atom is 0.353 e. The molecule has 0 aliphatic carbocycles. The van der Waals surface area contributed by atoms with E-state index in [1.807, 2.05) is 63.6 Å². The van der Waals surface area contributed by atoms with Gasteiger partial charge in [-0.15, -0.1) is 37.2 Å². The Labute approximate surface area is 372 Å². The van der Waals surface area contributed by atoms with Gasteiger partial charge in [-0.05, 0) is 101 Å². The number of likely N-dealkylation sites (tertiary alicyclic amines) is 1. The summed E-state index contributed by atoms with van der Waals surface area (Å²) in [5.41, 5.74) is 3.19. The number of benzene rings is 2. The zero-order valence-electron chi connectivity index (χ0n) is 35.3. The van der Waals surface area contributed by atoms with Crippen LogP contribution in [-0.2, 0) is 40.0 Å². The molecule has 0 spiro atoms. The summed E-state index contributed by atoms with van der Waals surface area (Å²) in [6.07, 6.45) is 2.71. The average Bonchev–Trinajstić information content (AvgIpc) is 3.84. The lowest BCUT2D eigenvalue weighted by molar-refractivity contribution is 0.0677. The van der Waals surface area contributed by atoms with E-state index in [1.54, 1.807) is 13.8 Å². The van der Waals surface area contributed by atoms with Crippen molar-refractivity contribution in [3.05, 3.63) is 103 Å². The van der Waals surface area contributed by atoms with Crippen LogP contribution >= 0.6 is 37.2 Å². The van der Waals surface area contributed by atoms with Crippen LogP contribution in [0.3, 0.4) is 0 Å².